The molecule has 0 bridgehead atoms. The van der Waals surface area contributed by atoms with Crippen LogP contribution in [-0.2, 0) is 31.9 Å². The lowest BCUT2D eigenvalue weighted by Gasteiger charge is -2.20. The molecule has 2 heterocycles. The van der Waals surface area contributed by atoms with E-state index >= 15 is 0 Å². The highest BCUT2D eigenvalue weighted by Gasteiger charge is 2.38. The van der Waals surface area contributed by atoms with Gasteiger partial charge in [0.05, 0.1) is 12.1 Å². The zero-order chi connectivity index (χ0) is 35.9. The fourth-order valence-electron chi connectivity index (χ4n) is 5.62. The predicted octanol–water partition coefficient (Wildman–Crippen LogP) is 6.69. The molecule has 2 fully saturated rings. The predicted molar refractivity (Wildman–Crippen MR) is 195 cm³/mol. The Kier molecular flexibility index (Phi) is 21.0. The second-order valence-electron chi connectivity index (χ2n) is 12.0. The number of alkyl halides is 1. The molecule has 0 aliphatic carbocycles. The van der Waals surface area contributed by atoms with E-state index in [0.29, 0.717) is 44.6 Å². The number of halogens is 1. The standard InChI is InChI=1S/C19H28N2O3.C15H18ClNO3.C4H11N/c1-3-20(4-2)13-9-8-12-18(22)21-17(15-24-19(21)23)14-16-10-6-5-7-11-16;16-9-5-4-8-14(18)17-13(11-20-15(17)19)10-12-6-2-1-3-7-12;1-3-5-4-2/h5-7,10-11,17H,3-4,8-9,12-15H2,1-2H3;1-3,6-7,13H,4-5,8-11H2;5H,3-4H2,1-2H3/t17-;13-;/m00./s1. The van der Waals surface area contributed by atoms with Gasteiger partial charge >= 0.3 is 12.2 Å². The summed E-state index contributed by atoms with van der Waals surface area (Å²) in [7, 11) is 0. The summed E-state index contributed by atoms with van der Waals surface area (Å²) in [5.74, 6) is 0.252. The SMILES string of the molecule is CCN(CC)CCCCC(=O)N1C(=O)OC[C@@H]1Cc1ccccc1.CCNCC.O=C(CCCCCl)N1C(=O)OC[C@@H]1Cc1ccccc1. The van der Waals surface area contributed by atoms with Crippen molar-refractivity contribution in [3.63, 3.8) is 0 Å². The number of rotatable bonds is 17. The third-order valence-electron chi connectivity index (χ3n) is 8.37. The first kappa shape index (κ1) is 41.7. The minimum absolute atomic E-state index is 0.113. The van der Waals surface area contributed by atoms with Crippen LogP contribution in [0.3, 0.4) is 0 Å². The molecule has 2 aromatic carbocycles. The number of ether oxygens (including phenoxy) is 2. The highest BCUT2D eigenvalue weighted by Crippen LogP contribution is 2.20. The Labute approximate surface area is 298 Å². The summed E-state index contributed by atoms with van der Waals surface area (Å²) in [5.41, 5.74) is 2.20. The Morgan fingerprint density at radius 1 is 0.714 bits per heavy atom. The molecule has 0 saturated carbocycles. The Morgan fingerprint density at radius 3 is 1.51 bits per heavy atom. The van der Waals surface area contributed by atoms with E-state index in [-0.39, 0.29) is 30.5 Å². The molecule has 2 atom stereocenters. The monoisotopic (exact) mass is 700 g/mol. The summed E-state index contributed by atoms with van der Waals surface area (Å²) >= 11 is 5.59. The van der Waals surface area contributed by atoms with Gasteiger partial charge in [-0.1, -0.05) is 88.4 Å². The highest BCUT2D eigenvalue weighted by molar-refractivity contribution is 6.17. The zero-order valence-corrected chi connectivity index (χ0v) is 30.7. The van der Waals surface area contributed by atoms with Gasteiger partial charge in [0.25, 0.3) is 0 Å². The van der Waals surface area contributed by atoms with Gasteiger partial charge in [-0.25, -0.2) is 19.4 Å². The number of carbonyl (C=O) groups excluding carboxylic acids is 4. The molecule has 0 radical (unpaired) electrons. The second kappa shape index (κ2) is 24.6. The van der Waals surface area contributed by atoms with Crippen LogP contribution in [0.25, 0.3) is 0 Å². The van der Waals surface area contributed by atoms with E-state index in [4.69, 9.17) is 21.1 Å². The molecule has 0 spiro atoms. The first-order valence-electron chi connectivity index (χ1n) is 17.8. The summed E-state index contributed by atoms with van der Waals surface area (Å²) in [4.78, 5) is 53.1. The van der Waals surface area contributed by atoms with Gasteiger partial charge in [0, 0.05) is 18.7 Å². The summed E-state index contributed by atoms with van der Waals surface area (Å²) in [5, 5.41) is 3.11. The average molecular weight is 701 g/mol. The molecule has 1 N–H and O–H groups in total. The molecular weight excluding hydrogens is 644 g/mol. The zero-order valence-electron chi connectivity index (χ0n) is 29.9. The van der Waals surface area contributed by atoms with Gasteiger partial charge in [0.2, 0.25) is 11.8 Å². The first-order valence-corrected chi connectivity index (χ1v) is 18.4. The van der Waals surface area contributed by atoms with Crippen molar-refractivity contribution in [3.05, 3.63) is 71.8 Å². The molecule has 2 saturated heterocycles. The van der Waals surface area contributed by atoms with Gasteiger partial charge in [-0.15, -0.1) is 11.6 Å². The third kappa shape index (κ3) is 15.3. The number of hydrogen-bond acceptors (Lipinski definition) is 8. The number of carbonyl (C=O) groups is 4. The molecule has 4 rings (SSSR count). The molecule has 272 valence electrons. The fraction of sp³-hybridized carbons (Fsp3) is 0.579. The van der Waals surface area contributed by atoms with Crippen molar-refractivity contribution >= 4 is 35.6 Å². The third-order valence-corrected chi connectivity index (χ3v) is 8.64. The van der Waals surface area contributed by atoms with Crippen molar-refractivity contribution in [2.24, 2.45) is 0 Å². The topological polar surface area (TPSA) is 108 Å². The number of nitrogens with one attached hydrogen (secondary N) is 1. The van der Waals surface area contributed by atoms with Gasteiger partial charge in [-0.2, -0.15) is 0 Å². The van der Waals surface area contributed by atoms with Gasteiger partial charge in [-0.05, 0) is 82.4 Å². The van der Waals surface area contributed by atoms with E-state index in [1.54, 1.807) is 0 Å². The maximum absolute atomic E-state index is 12.5. The Hall–Kier alpha value is -3.47. The molecule has 10 nitrogen and oxygen atoms in total. The lowest BCUT2D eigenvalue weighted by molar-refractivity contribution is -0.130. The highest BCUT2D eigenvalue weighted by atomic mass is 35.5. The maximum atomic E-state index is 12.5. The smallest absolute Gasteiger partial charge is 0.416 e. The van der Waals surface area contributed by atoms with Crippen molar-refractivity contribution in [1.29, 1.82) is 0 Å². The molecule has 2 aliphatic heterocycles. The molecule has 2 aromatic rings. The summed E-state index contributed by atoms with van der Waals surface area (Å²) < 4.78 is 10.1. The van der Waals surface area contributed by atoms with Gasteiger partial charge in [0.1, 0.15) is 13.2 Å². The maximum Gasteiger partial charge on any atom is 0.416 e. The molecule has 11 heteroatoms. The average Bonchev–Trinajstić information content (AvgIpc) is 3.67. The normalized spacial score (nSPS) is 16.8. The van der Waals surface area contributed by atoms with Crippen LogP contribution in [0.4, 0.5) is 9.59 Å². The number of imide groups is 2. The van der Waals surface area contributed by atoms with Gasteiger partial charge in [0.15, 0.2) is 0 Å². The minimum atomic E-state index is -0.526. The van der Waals surface area contributed by atoms with E-state index in [0.717, 1.165) is 63.1 Å². The lowest BCUT2D eigenvalue weighted by Crippen LogP contribution is -2.40. The number of nitrogens with zero attached hydrogens (tertiary/aromatic N) is 3. The number of hydrogen-bond donors (Lipinski definition) is 1. The summed E-state index contributed by atoms with van der Waals surface area (Å²) in [6, 6.07) is 19.3. The largest absolute Gasteiger partial charge is 0.447 e. The van der Waals surface area contributed by atoms with E-state index in [9.17, 15) is 19.2 Å². The van der Waals surface area contributed by atoms with Crippen molar-refractivity contribution in [3.8, 4) is 0 Å². The Morgan fingerprint density at radius 2 is 1.14 bits per heavy atom. The van der Waals surface area contributed by atoms with Crippen LogP contribution in [0.5, 0.6) is 0 Å². The first-order chi connectivity index (χ1) is 23.8. The van der Waals surface area contributed by atoms with Crippen LogP contribution in [0, 0.1) is 0 Å². The quantitative estimate of drug-likeness (QED) is 0.144. The molecule has 0 unspecified atom stereocenters. The van der Waals surface area contributed by atoms with Crippen LogP contribution >= 0.6 is 11.6 Å². The van der Waals surface area contributed by atoms with E-state index in [1.165, 1.54) is 9.80 Å². The number of benzene rings is 2. The fourth-order valence-corrected chi connectivity index (χ4v) is 5.81. The second-order valence-corrected chi connectivity index (χ2v) is 12.3. The van der Waals surface area contributed by atoms with Crippen LogP contribution in [0.1, 0.15) is 77.3 Å². The number of amides is 4. The number of unbranched alkanes of at least 4 members (excludes halogenated alkanes) is 2. The van der Waals surface area contributed by atoms with Crippen LogP contribution in [0.2, 0.25) is 0 Å². The lowest BCUT2D eigenvalue weighted by atomic mass is 10.1. The van der Waals surface area contributed by atoms with Crippen molar-refractivity contribution in [1.82, 2.24) is 20.0 Å². The van der Waals surface area contributed by atoms with Crippen molar-refractivity contribution < 1.29 is 28.7 Å². The van der Waals surface area contributed by atoms with Crippen LogP contribution in [-0.4, -0.2) is 103 Å². The van der Waals surface area contributed by atoms with Crippen LogP contribution < -0.4 is 5.32 Å². The van der Waals surface area contributed by atoms with E-state index < -0.39 is 12.2 Å². The van der Waals surface area contributed by atoms with Gasteiger partial charge < -0.3 is 19.7 Å². The van der Waals surface area contributed by atoms with Crippen molar-refractivity contribution in [2.75, 3.05) is 51.8 Å². The van der Waals surface area contributed by atoms with Gasteiger partial charge in [-0.3, -0.25) is 9.59 Å². The molecular formula is C38H57ClN4O6. The number of cyclic esters (lactones) is 2. The Balaban J connectivity index is 0.000000303. The van der Waals surface area contributed by atoms with E-state index in [2.05, 4.69) is 37.9 Å². The summed E-state index contributed by atoms with van der Waals surface area (Å²) in [6.45, 7) is 14.3. The molecule has 49 heavy (non-hydrogen) atoms. The minimum Gasteiger partial charge on any atom is -0.447 e. The van der Waals surface area contributed by atoms with Crippen molar-refractivity contribution in [2.45, 2.75) is 91.1 Å². The molecule has 0 aromatic heterocycles. The Bertz CT molecular complexity index is 1230. The molecule has 2 aliphatic rings. The summed E-state index contributed by atoms with van der Waals surface area (Å²) in [6.07, 6.45) is 4.26. The van der Waals surface area contributed by atoms with E-state index in [1.807, 2.05) is 60.7 Å². The van der Waals surface area contributed by atoms with Crippen LogP contribution in [0.15, 0.2) is 60.7 Å². The molecule has 4 amide bonds.